The van der Waals surface area contributed by atoms with E-state index in [9.17, 15) is 4.39 Å². The Morgan fingerprint density at radius 3 is 2.70 bits per heavy atom. The number of benzene rings is 1. The minimum atomic E-state index is -0.309. The second kappa shape index (κ2) is 5.79. The van der Waals surface area contributed by atoms with Crippen molar-refractivity contribution < 1.29 is 9.13 Å². The lowest BCUT2D eigenvalue weighted by molar-refractivity contribution is 0.413. The Morgan fingerprint density at radius 1 is 1.35 bits per heavy atom. The average molecular weight is 294 g/mol. The molecule has 1 heterocycles. The predicted molar refractivity (Wildman–Crippen MR) is 81.1 cm³/mol. The van der Waals surface area contributed by atoms with Gasteiger partial charge in [-0.15, -0.1) is 11.3 Å². The molecule has 2 aromatic rings. The molecule has 1 aromatic carbocycles. The summed E-state index contributed by atoms with van der Waals surface area (Å²) in [7, 11) is 1.53. The molecule has 0 aliphatic heterocycles. The molecule has 1 N–H and O–H groups in total. The molecule has 0 saturated carbocycles. The summed E-state index contributed by atoms with van der Waals surface area (Å²) in [5.74, 6) is 0.187. The monoisotopic (exact) mass is 294 g/mol. The summed E-state index contributed by atoms with van der Waals surface area (Å²) in [6, 6.07) is 4.45. The molecule has 20 heavy (non-hydrogen) atoms. The van der Waals surface area contributed by atoms with Crippen LogP contribution in [0.1, 0.15) is 31.5 Å². The third-order valence-electron chi connectivity index (χ3n) is 2.82. The fraction of sp³-hybridized carbons (Fsp3) is 0.400. The third kappa shape index (κ3) is 3.48. The van der Waals surface area contributed by atoms with Gasteiger partial charge in [-0.25, -0.2) is 9.37 Å². The van der Waals surface area contributed by atoms with Gasteiger partial charge in [-0.3, -0.25) is 0 Å². The molecule has 0 atom stereocenters. The lowest BCUT2D eigenvalue weighted by Gasteiger charge is -2.13. The van der Waals surface area contributed by atoms with Crippen LogP contribution in [-0.2, 0) is 12.0 Å². The molecular formula is C15H19FN2OS. The molecule has 0 radical (unpaired) electrons. The van der Waals surface area contributed by atoms with E-state index in [0.717, 1.165) is 16.4 Å². The molecule has 0 bridgehead atoms. The highest BCUT2D eigenvalue weighted by molar-refractivity contribution is 7.09. The summed E-state index contributed by atoms with van der Waals surface area (Å²) in [5, 5.41) is 6.38. The predicted octanol–water partition coefficient (Wildman–Crippen LogP) is 4.20. The van der Waals surface area contributed by atoms with Gasteiger partial charge in [0, 0.05) is 16.9 Å². The van der Waals surface area contributed by atoms with Crippen molar-refractivity contribution in [1.82, 2.24) is 4.98 Å². The largest absolute Gasteiger partial charge is 0.494 e. The summed E-state index contributed by atoms with van der Waals surface area (Å²) in [6.45, 7) is 7.03. The third-order valence-corrected chi connectivity index (χ3v) is 4.13. The fourth-order valence-electron chi connectivity index (χ4n) is 1.73. The number of ether oxygens (including phenoxy) is 1. The van der Waals surface area contributed by atoms with Crippen LogP contribution in [0.2, 0.25) is 0 Å². The zero-order valence-corrected chi connectivity index (χ0v) is 13.0. The van der Waals surface area contributed by atoms with E-state index in [-0.39, 0.29) is 11.2 Å². The minimum absolute atomic E-state index is 0.0660. The zero-order valence-electron chi connectivity index (χ0n) is 12.2. The minimum Gasteiger partial charge on any atom is -0.494 e. The van der Waals surface area contributed by atoms with Crippen LogP contribution in [0.15, 0.2) is 23.6 Å². The van der Waals surface area contributed by atoms with E-state index >= 15 is 0 Å². The first-order valence-electron chi connectivity index (χ1n) is 6.42. The standard InChI is InChI=1S/C15H19FN2OS/c1-15(2,3)14-18-11(9-20-14)8-17-12-6-5-10(16)7-13(12)19-4/h5-7,9,17H,8H2,1-4H3. The number of nitrogens with zero attached hydrogens (tertiary/aromatic N) is 1. The van der Waals surface area contributed by atoms with Crippen molar-refractivity contribution in [3.05, 3.63) is 40.1 Å². The van der Waals surface area contributed by atoms with Crippen LogP contribution in [0.25, 0.3) is 0 Å². The summed E-state index contributed by atoms with van der Waals surface area (Å²) in [4.78, 5) is 4.61. The van der Waals surface area contributed by atoms with E-state index in [1.54, 1.807) is 17.4 Å². The molecule has 0 aliphatic carbocycles. The number of halogens is 1. The highest BCUT2D eigenvalue weighted by atomic mass is 32.1. The van der Waals surface area contributed by atoms with Gasteiger partial charge in [0.1, 0.15) is 11.6 Å². The molecule has 0 fully saturated rings. The molecule has 0 amide bonds. The second-order valence-electron chi connectivity index (χ2n) is 5.59. The van der Waals surface area contributed by atoms with Gasteiger partial charge in [-0.05, 0) is 12.1 Å². The van der Waals surface area contributed by atoms with Crippen LogP contribution in [0.5, 0.6) is 5.75 Å². The second-order valence-corrected chi connectivity index (χ2v) is 6.45. The van der Waals surface area contributed by atoms with Gasteiger partial charge in [0.15, 0.2) is 0 Å². The van der Waals surface area contributed by atoms with Gasteiger partial charge in [0.25, 0.3) is 0 Å². The normalized spacial score (nSPS) is 11.4. The number of methoxy groups -OCH3 is 1. The van der Waals surface area contributed by atoms with Gasteiger partial charge in [0.05, 0.1) is 30.0 Å². The van der Waals surface area contributed by atoms with Gasteiger partial charge in [0.2, 0.25) is 0 Å². The van der Waals surface area contributed by atoms with E-state index in [1.165, 1.54) is 19.2 Å². The maximum absolute atomic E-state index is 13.1. The van der Waals surface area contributed by atoms with Gasteiger partial charge < -0.3 is 10.1 Å². The number of thiazole rings is 1. The van der Waals surface area contributed by atoms with Crippen LogP contribution in [0, 0.1) is 5.82 Å². The summed E-state index contributed by atoms with van der Waals surface area (Å²) >= 11 is 1.66. The highest BCUT2D eigenvalue weighted by Crippen LogP contribution is 2.28. The molecule has 0 unspecified atom stereocenters. The van der Waals surface area contributed by atoms with E-state index in [0.29, 0.717) is 12.3 Å². The van der Waals surface area contributed by atoms with E-state index in [2.05, 4.69) is 31.1 Å². The van der Waals surface area contributed by atoms with E-state index in [4.69, 9.17) is 4.74 Å². The van der Waals surface area contributed by atoms with Crippen LogP contribution in [0.4, 0.5) is 10.1 Å². The van der Waals surface area contributed by atoms with Crippen LogP contribution in [0.3, 0.4) is 0 Å². The Kier molecular flexibility index (Phi) is 4.28. The first-order chi connectivity index (χ1) is 9.40. The van der Waals surface area contributed by atoms with E-state index in [1.807, 2.05) is 5.38 Å². The van der Waals surface area contributed by atoms with Crippen molar-refractivity contribution in [3.63, 3.8) is 0 Å². The fourth-order valence-corrected chi connectivity index (χ4v) is 2.64. The lowest BCUT2D eigenvalue weighted by atomic mass is 9.98. The molecule has 2 rings (SSSR count). The number of anilines is 1. The number of nitrogens with one attached hydrogen (secondary N) is 1. The summed E-state index contributed by atoms with van der Waals surface area (Å²) < 4.78 is 18.3. The van der Waals surface area contributed by atoms with Crippen molar-refractivity contribution in [3.8, 4) is 5.75 Å². The van der Waals surface area contributed by atoms with E-state index < -0.39 is 0 Å². The highest BCUT2D eigenvalue weighted by Gasteiger charge is 2.17. The summed E-state index contributed by atoms with van der Waals surface area (Å²) in [5.41, 5.74) is 1.81. The first-order valence-corrected chi connectivity index (χ1v) is 7.30. The number of aromatic nitrogens is 1. The Balaban J connectivity index is 2.07. The lowest BCUT2D eigenvalue weighted by Crippen LogP contribution is -2.11. The van der Waals surface area contributed by atoms with Gasteiger partial charge >= 0.3 is 0 Å². The quantitative estimate of drug-likeness (QED) is 0.917. The van der Waals surface area contributed by atoms with Crippen molar-refractivity contribution in [1.29, 1.82) is 0 Å². The molecule has 5 heteroatoms. The molecule has 0 spiro atoms. The SMILES string of the molecule is COc1cc(F)ccc1NCc1csc(C(C)(C)C)n1. The number of hydrogen-bond acceptors (Lipinski definition) is 4. The Bertz CT molecular complexity index is 590. The Hall–Kier alpha value is -1.62. The summed E-state index contributed by atoms with van der Waals surface area (Å²) in [6.07, 6.45) is 0. The van der Waals surface area contributed by atoms with Crippen LogP contribution >= 0.6 is 11.3 Å². The van der Waals surface area contributed by atoms with Gasteiger partial charge in [-0.2, -0.15) is 0 Å². The molecule has 0 saturated heterocycles. The van der Waals surface area contributed by atoms with Crippen molar-refractivity contribution in [2.75, 3.05) is 12.4 Å². The smallest absolute Gasteiger partial charge is 0.144 e. The van der Waals surface area contributed by atoms with Crippen LogP contribution in [-0.4, -0.2) is 12.1 Å². The first kappa shape index (κ1) is 14.8. The molecule has 1 aromatic heterocycles. The number of hydrogen-bond donors (Lipinski definition) is 1. The topological polar surface area (TPSA) is 34.1 Å². The van der Waals surface area contributed by atoms with Crippen LogP contribution < -0.4 is 10.1 Å². The average Bonchev–Trinajstić information content (AvgIpc) is 2.86. The molecule has 3 nitrogen and oxygen atoms in total. The Labute approximate surface area is 122 Å². The van der Waals surface area contributed by atoms with Crippen molar-refractivity contribution >= 4 is 17.0 Å². The van der Waals surface area contributed by atoms with Crippen molar-refractivity contribution in [2.45, 2.75) is 32.7 Å². The van der Waals surface area contributed by atoms with Gasteiger partial charge in [-0.1, -0.05) is 20.8 Å². The molecule has 108 valence electrons. The maximum Gasteiger partial charge on any atom is 0.144 e. The maximum atomic E-state index is 13.1. The Morgan fingerprint density at radius 2 is 2.10 bits per heavy atom. The molecular weight excluding hydrogens is 275 g/mol. The van der Waals surface area contributed by atoms with Crippen molar-refractivity contribution in [2.24, 2.45) is 0 Å². The molecule has 0 aliphatic rings. The zero-order chi connectivity index (χ0) is 14.8. The number of rotatable bonds is 4.